The van der Waals surface area contributed by atoms with Gasteiger partial charge >= 0.3 is 5.97 Å². The molecule has 1 heterocycles. The predicted octanol–water partition coefficient (Wildman–Crippen LogP) is 2.17. The summed E-state index contributed by atoms with van der Waals surface area (Å²) in [4.78, 5) is 10.9. The third-order valence-electron chi connectivity index (χ3n) is 2.42. The molecule has 2 N–H and O–H groups in total. The average Bonchev–Trinajstić information content (AvgIpc) is 2.29. The molecule has 5 heteroatoms. The molecule has 1 aromatic rings. The van der Waals surface area contributed by atoms with Crippen molar-refractivity contribution in [2.24, 2.45) is 0 Å². The van der Waals surface area contributed by atoms with E-state index >= 15 is 0 Å². The Morgan fingerprint density at radius 1 is 1.56 bits per heavy atom. The summed E-state index contributed by atoms with van der Waals surface area (Å²) in [7, 11) is 0. The van der Waals surface area contributed by atoms with Crippen LogP contribution in [-0.4, -0.2) is 27.3 Å². The maximum absolute atomic E-state index is 10.9. The van der Waals surface area contributed by atoms with Gasteiger partial charge in [0.25, 0.3) is 0 Å². The standard InChI is InChI=1S/C11H17N3O2/c1-3-5-8(4-2)13-10-9(11(15)16)6-7-12-14-10/h6-8H,3-5H2,1-2H3,(H,13,14)(H,15,16). The molecule has 0 aliphatic carbocycles. The van der Waals surface area contributed by atoms with Crippen molar-refractivity contribution in [1.82, 2.24) is 10.2 Å². The molecule has 0 bridgehead atoms. The Morgan fingerprint density at radius 2 is 2.31 bits per heavy atom. The van der Waals surface area contributed by atoms with E-state index in [1.54, 1.807) is 0 Å². The van der Waals surface area contributed by atoms with Crippen LogP contribution in [0.5, 0.6) is 0 Å². The highest BCUT2D eigenvalue weighted by atomic mass is 16.4. The Balaban J connectivity index is 2.82. The topological polar surface area (TPSA) is 75.1 Å². The highest BCUT2D eigenvalue weighted by Gasteiger charge is 2.14. The molecule has 5 nitrogen and oxygen atoms in total. The van der Waals surface area contributed by atoms with Gasteiger partial charge in [-0.05, 0) is 18.9 Å². The molecular formula is C11H17N3O2. The minimum Gasteiger partial charge on any atom is -0.478 e. The fraction of sp³-hybridized carbons (Fsp3) is 0.545. The van der Waals surface area contributed by atoms with Crippen LogP contribution in [0.15, 0.2) is 12.3 Å². The van der Waals surface area contributed by atoms with E-state index in [0.717, 1.165) is 19.3 Å². The zero-order chi connectivity index (χ0) is 12.0. The van der Waals surface area contributed by atoms with Gasteiger partial charge < -0.3 is 10.4 Å². The lowest BCUT2D eigenvalue weighted by molar-refractivity contribution is 0.0697. The third-order valence-corrected chi connectivity index (χ3v) is 2.42. The smallest absolute Gasteiger partial charge is 0.339 e. The van der Waals surface area contributed by atoms with E-state index in [2.05, 4.69) is 29.4 Å². The van der Waals surface area contributed by atoms with Crippen molar-refractivity contribution in [3.05, 3.63) is 17.8 Å². The number of nitrogens with zero attached hydrogens (tertiary/aromatic N) is 2. The van der Waals surface area contributed by atoms with Gasteiger partial charge in [-0.1, -0.05) is 20.3 Å². The number of carboxylic acid groups (broad SMARTS) is 1. The normalized spacial score (nSPS) is 12.1. The number of rotatable bonds is 6. The van der Waals surface area contributed by atoms with Gasteiger partial charge in [-0.15, -0.1) is 5.10 Å². The summed E-state index contributed by atoms with van der Waals surface area (Å²) in [6.07, 6.45) is 4.36. The Kier molecular flexibility index (Phi) is 4.69. The monoisotopic (exact) mass is 223 g/mol. The fourth-order valence-corrected chi connectivity index (χ4v) is 1.53. The first-order valence-corrected chi connectivity index (χ1v) is 5.50. The van der Waals surface area contributed by atoms with Crippen LogP contribution in [0.3, 0.4) is 0 Å². The van der Waals surface area contributed by atoms with Crippen LogP contribution >= 0.6 is 0 Å². The summed E-state index contributed by atoms with van der Waals surface area (Å²) in [5, 5.41) is 19.6. The Morgan fingerprint density at radius 3 is 2.88 bits per heavy atom. The second-order valence-corrected chi connectivity index (χ2v) is 3.64. The van der Waals surface area contributed by atoms with Crippen molar-refractivity contribution in [2.45, 2.75) is 39.2 Å². The van der Waals surface area contributed by atoms with E-state index in [1.807, 2.05) is 0 Å². The van der Waals surface area contributed by atoms with Gasteiger partial charge in [-0.2, -0.15) is 5.10 Å². The molecule has 16 heavy (non-hydrogen) atoms. The van der Waals surface area contributed by atoms with Crippen LogP contribution in [0.4, 0.5) is 5.82 Å². The Hall–Kier alpha value is -1.65. The number of nitrogens with one attached hydrogen (secondary N) is 1. The van der Waals surface area contributed by atoms with Crippen LogP contribution in [0.2, 0.25) is 0 Å². The number of aromatic nitrogens is 2. The summed E-state index contributed by atoms with van der Waals surface area (Å²) in [5.41, 5.74) is 0.171. The lowest BCUT2D eigenvalue weighted by atomic mass is 10.1. The summed E-state index contributed by atoms with van der Waals surface area (Å²) in [6.45, 7) is 4.16. The second kappa shape index (κ2) is 6.05. The molecule has 0 saturated carbocycles. The highest BCUT2D eigenvalue weighted by Crippen LogP contribution is 2.14. The van der Waals surface area contributed by atoms with Crippen molar-refractivity contribution in [1.29, 1.82) is 0 Å². The van der Waals surface area contributed by atoms with Crippen molar-refractivity contribution in [3.63, 3.8) is 0 Å². The molecule has 88 valence electrons. The van der Waals surface area contributed by atoms with E-state index in [4.69, 9.17) is 5.11 Å². The molecule has 1 rings (SSSR count). The molecule has 1 atom stereocenters. The van der Waals surface area contributed by atoms with Gasteiger partial charge in [0.15, 0.2) is 5.82 Å². The second-order valence-electron chi connectivity index (χ2n) is 3.64. The van der Waals surface area contributed by atoms with Gasteiger partial charge in [0, 0.05) is 6.04 Å². The third kappa shape index (κ3) is 3.18. The number of carbonyl (C=O) groups is 1. The van der Waals surface area contributed by atoms with Crippen molar-refractivity contribution in [2.75, 3.05) is 5.32 Å². The summed E-state index contributed by atoms with van der Waals surface area (Å²) >= 11 is 0. The molecule has 1 aromatic heterocycles. The number of anilines is 1. The highest BCUT2D eigenvalue weighted by molar-refractivity contribution is 5.92. The molecule has 0 fully saturated rings. The zero-order valence-corrected chi connectivity index (χ0v) is 9.60. The lowest BCUT2D eigenvalue weighted by Crippen LogP contribution is -2.21. The summed E-state index contributed by atoms with van der Waals surface area (Å²) in [5.74, 6) is -0.626. The summed E-state index contributed by atoms with van der Waals surface area (Å²) in [6, 6.07) is 1.70. The predicted molar refractivity (Wildman–Crippen MR) is 61.6 cm³/mol. The van der Waals surface area contributed by atoms with Crippen molar-refractivity contribution in [3.8, 4) is 0 Å². The molecule has 0 amide bonds. The molecule has 0 aromatic carbocycles. The van der Waals surface area contributed by atoms with Crippen LogP contribution < -0.4 is 5.32 Å². The van der Waals surface area contributed by atoms with Gasteiger partial charge in [-0.3, -0.25) is 0 Å². The molecule has 0 radical (unpaired) electrons. The Labute approximate surface area is 94.9 Å². The molecule has 0 saturated heterocycles. The zero-order valence-electron chi connectivity index (χ0n) is 9.60. The minimum absolute atomic E-state index is 0.171. The SMILES string of the molecule is CCCC(CC)Nc1nnccc1C(=O)O. The fourth-order valence-electron chi connectivity index (χ4n) is 1.53. The van der Waals surface area contributed by atoms with Crippen molar-refractivity contribution < 1.29 is 9.90 Å². The minimum atomic E-state index is -0.983. The Bertz CT molecular complexity index is 355. The molecule has 1 unspecified atom stereocenters. The maximum atomic E-state index is 10.9. The maximum Gasteiger partial charge on any atom is 0.339 e. The largest absolute Gasteiger partial charge is 0.478 e. The average molecular weight is 223 g/mol. The van der Waals surface area contributed by atoms with Crippen LogP contribution in [0.1, 0.15) is 43.5 Å². The van der Waals surface area contributed by atoms with E-state index in [0.29, 0.717) is 5.82 Å². The van der Waals surface area contributed by atoms with Crippen molar-refractivity contribution >= 4 is 11.8 Å². The number of hydrogen-bond acceptors (Lipinski definition) is 4. The van der Waals surface area contributed by atoms with Crippen LogP contribution in [0.25, 0.3) is 0 Å². The number of aromatic carboxylic acids is 1. The summed E-state index contributed by atoms with van der Waals surface area (Å²) < 4.78 is 0. The number of hydrogen-bond donors (Lipinski definition) is 2. The first-order chi connectivity index (χ1) is 7.69. The van der Waals surface area contributed by atoms with E-state index in [-0.39, 0.29) is 11.6 Å². The van der Waals surface area contributed by atoms with Crippen LogP contribution in [-0.2, 0) is 0 Å². The molecule has 0 aliphatic rings. The van der Waals surface area contributed by atoms with E-state index in [1.165, 1.54) is 12.3 Å². The van der Waals surface area contributed by atoms with E-state index < -0.39 is 5.97 Å². The van der Waals surface area contributed by atoms with Gasteiger partial charge in [0.2, 0.25) is 0 Å². The quantitative estimate of drug-likeness (QED) is 0.773. The first-order valence-electron chi connectivity index (χ1n) is 5.50. The molecule has 0 spiro atoms. The van der Waals surface area contributed by atoms with Crippen LogP contribution in [0, 0.1) is 0 Å². The number of carboxylic acids is 1. The van der Waals surface area contributed by atoms with E-state index in [9.17, 15) is 4.79 Å². The van der Waals surface area contributed by atoms with Gasteiger partial charge in [0.05, 0.1) is 6.20 Å². The lowest BCUT2D eigenvalue weighted by Gasteiger charge is -2.17. The molecular weight excluding hydrogens is 206 g/mol. The van der Waals surface area contributed by atoms with Gasteiger partial charge in [-0.25, -0.2) is 4.79 Å². The molecule has 0 aliphatic heterocycles. The van der Waals surface area contributed by atoms with Gasteiger partial charge in [0.1, 0.15) is 5.56 Å². The first kappa shape index (κ1) is 12.4.